The van der Waals surface area contributed by atoms with Gasteiger partial charge in [-0.05, 0) is 44.0 Å². The fraction of sp³-hybridized carbons (Fsp3) is 0.625. The van der Waals surface area contributed by atoms with E-state index in [0.29, 0.717) is 12.0 Å². The molecule has 0 bridgehead atoms. The number of rotatable bonds is 3. The van der Waals surface area contributed by atoms with E-state index < -0.39 is 0 Å². The van der Waals surface area contributed by atoms with E-state index in [-0.39, 0.29) is 0 Å². The molecule has 0 saturated carbocycles. The zero-order valence-electron chi connectivity index (χ0n) is 11.3. The van der Waals surface area contributed by atoms with Gasteiger partial charge in [-0.25, -0.2) is 0 Å². The van der Waals surface area contributed by atoms with Crippen molar-refractivity contribution < 1.29 is 4.74 Å². The molecule has 1 saturated heterocycles. The van der Waals surface area contributed by atoms with Crippen molar-refractivity contribution in [2.75, 3.05) is 19.7 Å². The van der Waals surface area contributed by atoms with Gasteiger partial charge in [-0.1, -0.05) is 31.5 Å². The topological polar surface area (TPSA) is 12.5 Å². The number of unbranched alkanes of at least 4 members (excludes halogenated alkanes) is 1. The van der Waals surface area contributed by atoms with Crippen molar-refractivity contribution >= 4 is 0 Å². The lowest BCUT2D eigenvalue weighted by Crippen LogP contribution is -2.49. The van der Waals surface area contributed by atoms with Crippen LogP contribution in [0.2, 0.25) is 0 Å². The molecule has 0 amide bonds. The third-order valence-electron chi connectivity index (χ3n) is 4.42. The first kappa shape index (κ1) is 12.0. The van der Waals surface area contributed by atoms with Gasteiger partial charge < -0.3 is 4.74 Å². The Morgan fingerprint density at radius 1 is 1.33 bits per heavy atom. The Labute approximate surface area is 110 Å². The van der Waals surface area contributed by atoms with Gasteiger partial charge in [0.25, 0.3) is 0 Å². The van der Waals surface area contributed by atoms with Crippen molar-refractivity contribution in [3.8, 4) is 5.75 Å². The molecule has 2 heteroatoms. The normalized spacial score (nSPS) is 27.2. The molecule has 2 aliphatic rings. The highest BCUT2D eigenvalue weighted by atomic mass is 16.5. The number of likely N-dealkylation sites (tertiary alicyclic amines) is 1. The first-order valence-electron chi connectivity index (χ1n) is 7.36. The van der Waals surface area contributed by atoms with Crippen LogP contribution in [0.5, 0.6) is 5.75 Å². The van der Waals surface area contributed by atoms with Gasteiger partial charge in [0.15, 0.2) is 0 Å². The first-order chi connectivity index (χ1) is 8.90. The lowest BCUT2D eigenvalue weighted by Gasteiger charge is -2.44. The fourth-order valence-corrected chi connectivity index (χ4v) is 3.44. The summed E-state index contributed by atoms with van der Waals surface area (Å²) in [6.45, 7) is 5.65. The van der Waals surface area contributed by atoms with Crippen LogP contribution in [0.1, 0.15) is 44.1 Å². The van der Waals surface area contributed by atoms with Gasteiger partial charge in [-0.2, -0.15) is 0 Å². The second-order valence-corrected chi connectivity index (χ2v) is 5.55. The number of fused-ring (bicyclic) bond motifs is 3. The van der Waals surface area contributed by atoms with Crippen LogP contribution in [0.15, 0.2) is 24.3 Å². The predicted molar refractivity (Wildman–Crippen MR) is 74.2 cm³/mol. The molecule has 3 rings (SSSR count). The van der Waals surface area contributed by atoms with E-state index in [1.165, 1.54) is 44.3 Å². The summed E-state index contributed by atoms with van der Waals surface area (Å²) in [5, 5.41) is 0. The smallest absolute Gasteiger partial charge is 0.122 e. The zero-order chi connectivity index (χ0) is 12.4. The number of nitrogens with zero attached hydrogens (tertiary/aromatic N) is 1. The SMILES string of the molecule is CCCCN1CCC[C@@H]2c3ccccc3OC[C@@H]21. The zero-order valence-corrected chi connectivity index (χ0v) is 11.3. The van der Waals surface area contributed by atoms with Crippen molar-refractivity contribution in [1.82, 2.24) is 4.90 Å². The van der Waals surface area contributed by atoms with E-state index in [1.807, 2.05) is 0 Å². The molecule has 18 heavy (non-hydrogen) atoms. The second kappa shape index (κ2) is 5.31. The number of hydrogen-bond donors (Lipinski definition) is 0. The number of para-hydroxylation sites is 1. The molecule has 2 atom stereocenters. The highest BCUT2D eigenvalue weighted by molar-refractivity contribution is 5.39. The Kier molecular flexibility index (Phi) is 3.55. The molecule has 0 aliphatic carbocycles. The molecular formula is C16H23NO. The van der Waals surface area contributed by atoms with Gasteiger partial charge in [0.05, 0.1) is 6.04 Å². The summed E-state index contributed by atoms with van der Waals surface area (Å²) >= 11 is 0. The van der Waals surface area contributed by atoms with E-state index in [1.54, 1.807) is 0 Å². The van der Waals surface area contributed by atoms with Gasteiger partial charge in [-0.15, -0.1) is 0 Å². The van der Waals surface area contributed by atoms with Crippen LogP contribution in [-0.2, 0) is 0 Å². The van der Waals surface area contributed by atoms with Crippen LogP contribution in [0.3, 0.4) is 0 Å². The molecule has 98 valence electrons. The Morgan fingerprint density at radius 2 is 2.22 bits per heavy atom. The molecule has 0 spiro atoms. The average Bonchev–Trinajstić information content (AvgIpc) is 2.44. The Hall–Kier alpha value is -1.02. The van der Waals surface area contributed by atoms with Crippen LogP contribution in [0.25, 0.3) is 0 Å². The van der Waals surface area contributed by atoms with Gasteiger partial charge in [0.1, 0.15) is 12.4 Å². The van der Waals surface area contributed by atoms with Crippen LogP contribution < -0.4 is 4.74 Å². The maximum Gasteiger partial charge on any atom is 0.122 e. The molecule has 2 heterocycles. The fourth-order valence-electron chi connectivity index (χ4n) is 3.44. The molecule has 1 aromatic rings. The van der Waals surface area contributed by atoms with Crippen molar-refractivity contribution in [3.05, 3.63) is 29.8 Å². The van der Waals surface area contributed by atoms with Crippen LogP contribution in [0, 0.1) is 0 Å². The lowest BCUT2D eigenvalue weighted by molar-refractivity contribution is 0.0648. The molecule has 0 N–H and O–H groups in total. The molecule has 0 unspecified atom stereocenters. The summed E-state index contributed by atoms with van der Waals surface area (Å²) in [7, 11) is 0. The summed E-state index contributed by atoms with van der Waals surface area (Å²) < 4.78 is 5.96. The van der Waals surface area contributed by atoms with Crippen molar-refractivity contribution in [2.45, 2.75) is 44.6 Å². The number of ether oxygens (including phenoxy) is 1. The summed E-state index contributed by atoms with van der Waals surface area (Å²) in [6.07, 6.45) is 5.25. The lowest BCUT2D eigenvalue weighted by atomic mass is 9.81. The third-order valence-corrected chi connectivity index (χ3v) is 4.42. The quantitative estimate of drug-likeness (QED) is 0.809. The molecule has 0 radical (unpaired) electrons. The van der Waals surface area contributed by atoms with E-state index >= 15 is 0 Å². The van der Waals surface area contributed by atoms with Crippen molar-refractivity contribution in [1.29, 1.82) is 0 Å². The van der Waals surface area contributed by atoms with Gasteiger partial charge in [0, 0.05) is 5.92 Å². The minimum atomic E-state index is 0.611. The Balaban J connectivity index is 1.81. The van der Waals surface area contributed by atoms with Gasteiger partial charge >= 0.3 is 0 Å². The predicted octanol–water partition coefficient (Wildman–Crippen LogP) is 3.43. The summed E-state index contributed by atoms with van der Waals surface area (Å²) in [5.41, 5.74) is 1.44. The highest BCUT2D eigenvalue weighted by Gasteiger charge is 2.36. The van der Waals surface area contributed by atoms with Crippen LogP contribution >= 0.6 is 0 Å². The summed E-state index contributed by atoms with van der Waals surface area (Å²) in [6, 6.07) is 9.22. The Bertz CT molecular complexity index is 404. The highest BCUT2D eigenvalue weighted by Crippen LogP contribution is 2.40. The van der Waals surface area contributed by atoms with E-state index in [2.05, 4.69) is 36.1 Å². The molecule has 2 aliphatic heterocycles. The van der Waals surface area contributed by atoms with E-state index in [9.17, 15) is 0 Å². The second-order valence-electron chi connectivity index (χ2n) is 5.55. The van der Waals surface area contributed by atoms with E-state index in [4.69, 9.17) is 4.74 Å². The van der Waals surface area contributed by atoms with E-state index in [0.717, 1.165) is 12.4 Å². The van der Waals surface area contributed by atoms with Gasteiger partial charge in [0.2, 0.25) is 0 Å². The maximum absolute atomic E-state index is 5.96. The number of hydrogen-bond acceptors (Lipinski definition) is 2. The van der Waals surface area contributed by atoms with Crippen LogP contribution in [-0.4, -0.2) is 30.6 Å². The number of piperidine rings is 1. The molecule has 0 aromatic heterocycles. The minimum absolute atomic E-state index is 0.611. The maximum atomic E-state index is 5.96. The minimum Gasteiger partial charge on any atom is -0.492 e. The first-order valence-corrected chi connectivity index (χ1v) is 7.36. The molecule has 1 fully saturated rings. The van der Waals surface area contributed by atoms with Crippen molar-refractivity contribution in [2.24, 2.45) is 0 Å². The molecule has 1 aromatic carbocycles. The summed E-state index contributed by atoms with van der Waals surface area (Å²) in [4.78, 5) is 2.66. The largest absolute Gasteiger partial charge is 0.492 e. The van der Waals surface area contributed by atoms with Crippen molar-refractivity contribution in [3.63, 3.8) is 0 Å². The molecule has 2 nitrogen and oxygen atoms in total. The molecular weight excluding hydrogens is 222 g/mol. The monoisotopic (exact) mass is 245 g/mol. The number of benzene rings is 1. The standard InChI is InChI=1S/C16H23NO/c1-2-3-10-17-11-6-8-13-14-7-4-5-9-16(14)18-12-15(13)17/h4-5,7,9,13,15H,2-3,6,8,10-12H2,1H3/t13-,15+/m1/s1. The summed E-state index contributed by atoms with van der Waals surface area (Å²) in [5.74, 6) is 1.82. The van der Waals surface area contributed by atoms with Gasteiger partial charge in [-0.3, -0.25) is 4.90 Å². The third kappa shape index (κ3) is 2.14. The average molecular weight is 245 g/mol. The Morgan fingerprint density at radius 3 is 3.11 bits per heavy atom. The van der Waals surface area contributed by atoms with Crippen LogP contribution in [0.4, 0.5) is 0 Å².